The van der Waals surface area contributed by atoms with Gasteiger partial charge in [-0.2, -0.15) is 0 Å². The first kappa shape index (κ1) is 21.2. The van der Waals surface area contributed by atoms with Crippen LogP contribution in [0.1, 0.15) is 33.1 Å². The maximum Gasteiger partial charge on any atom is 0.251 e. The monoisotopic (exact) mass is 408 g/mol. The summed E-state index contributed by atoms with van der Waals surface area (Å²) in [6, 6.07) is 18.4. The fourth-order valence-corrected chi connectivity index (χ4v) is 3.20. The van der Waals surface area contributed by atoms with Gasteiger partial charge >= 0.3 is 0 Å². The lowest BCUT2D eigenvalue weighted by Gasteiger charge is -2.20. The second-order valence-corrected chi connectivity index (χ2v) is 7.01. The molecule has 0 saturated heterocycles. The molecule has 0 aliphatic carbocycles. The normalized spacial score (nSPS) is 11.6. The predicted molar refractivity (Wildman–Crippen MR) is 111 cm³/mol. The number of aryl methyl sites for hydroxylation is 1. The fraction of sp³-hybridized carbons (Fsp3) is 0.167. The molecule has 1 atom stereocenters. The van der Waals surface area contributed by atoms with Crippen LogP contribution in [0, 0.1) is 18.6 Å². The third-order valence-electron chi connectivity index (χ3n) is 4.71. The Bertz CT molecular complexity index is 1050. The molecule has 3 aromatic carbocycles. The topological polar surface area (TPSA) is 58.2 Å². The van der Waals surface area contributed by atoms with Crippen molar-refractivity contribution in [2.75, 3.05) is 6.54 Å². The van der Waals surface area contributed by atoms with Crippen LogP contribution in [0.25, 0.3) is 0 Å². The number of amides is 2. The summed E-state index contributed by atoms with van der Waals surface area (Å²) in [6.45, 7) is 1.58. The van der Waals surface area contributed by atoms with Gasteiger partial charge in [-0.1, -0.05) is 42.5 Å². The lowest BCUT2D eigenvalue weighted by molar-refractivity contribution is -0.120. The summed E-state index contributed by atoms with van der Waals surface area (Å²) in [5, 5.41) is 5.40. The SMILES string of the molecule is Cc1ccccc1C(=O)NCC(=O)N[C@H](Cc1cccc(F)c1)c1cccc(F)c1. The number of rotatable bonds is 7. The molecule has 0 heterocycles. The zero-order chi connectivity index (χ0) is 21.5. The molecule has 0 saturated carbocycles. The number of benzene rings is 3. The van der Waals surface area contributed by atoms with E-state index in [4.69, 9.17) is 0 Å². The Balaban J connectivity index is 1.70. The Labute approximate surface area is 173 Å². The molecule has 6 heteroatoms. The number of carbonyl (C=O) groups excluding carboxylic acids is 2. The van der Waals surface area contributed by atoms with Crippen molar-refractivity contribution < 1.29 is 18.4 Å². The Kier molecular flexibility index (Phi) is 6.91. The molecule has 154 valence electrons. The van der Waals surface area contributed by atoms with Gasteiger partial charge in [0.15, 0.2) is 0 Å². The second-order valence-electron chi connectivity index (χ2n) is 7.01. The lowest BCUT2D eigenvalue weighted by atomic mass is 9.98. The van der Waals surface area contributed by atoms with E-state index in [2.05, 4.69) is 10.6 Å². The Morgan fingerprint density at radius 3 is 2.30 bits per heavy atom. The Morgan fingerprint density at radius 1 is 0.900 bits per heavy atom. The highest BCUT2D eigenvalue weighted by molar-refractivity contribution is 5.97. The fourth-order valence-electron chi connectivity index (χ4n) is 3.20. The summed E-state index contributed by atoms with van der Waals surface area (Å²) in [5.74, 6) is -1.60. The Morgan fingerprint density at radius 2 is 1.60 bits per heavy atom. The smallest absolute Gasteiger partial charge is 0.251 e. The average molecular weight is 408 g/mol. The number of halogens is 2. The van der Waals surface area contributed by atoms with E-state index in [0.29, 0.717) is 16.7 Å². The summed E-state index contributed by atoms with van der Waals surface area (Å²) in [5.41, 5.74) is 2.51. The lowest BCUT2D eigenvalue weighted by Crippen LogP contribution is -2.39. The van der Waals surface area contributed by atoms with Crippen molar-refractivity contribution >= 4 is 11.8 Å². The Hall–Kier alpha value is -3.54. The van der Waals surface area contributed by atoms with Gasteiger partial charge in [0.25, 0.3) is 5.91 Å². The summed E-state index contributed by atoms with van der Waals surface area (Å²) in [4.78, 5) is 24.8. The molecule has 0 aliphatic rings. The molecule has 0 fully saturated rings. The first-order valence-corrected chi connectivity index (χ1v) is 9.55. The molecule has 0 aliphatic heterocycles. The molecule has 0 aromatic heterocycles. The molecule has 4 nitrogen and oxygen atoms in total. The summed E-state index contributed by atoms with van der Waals surface area (Å²) in [7, 11) is 0. The van der Waals surface area contributed by atoms with Crippen molar-refractivity contribution in [3.8, 4) is 0 Å². The van der Waals surface area contributed by atoms with E-state index in [0.717, 1.165) is 5.56 Å². The maximum absolute atomic E-state index is 13.7. The largest absolute Gasteiger partial charge is 0.347 e. The molecule has 3 aromatic rings. The predicted octanol–water partition coefficient (Wildman–Crippen LogP) is 4.10. The van der Waals surface area contributed by atoms with E-state index in [1.165, 1.54) is 24.3 Å². The number of nitrogens with one attached hydrogen (secondary N) is 2. The van der Waals surface area contributed by atoms with Crippen LogP contribution in [-0.2, 0) is 11.2 Å². The first-order chi connectivity index (χ1) is 14.4. The third-order valence-corrected chi connectivity index (χ3v) is 4.71. The minimum atomic E-state index is -0.578. The van der Waals surface area contributed by atoms with Crippen molar-refractivity contribution in [2.24, 2.45) is 0 Å². The van der Waals surface area contributed by atoms with E-state index in [1.807, 2.05) is 19.1 Å². The summed E-state index contributed by atoms with van der Waals surface area (Å²) in [6.07, 6.45) is 0.276. The van der Waals surface area contributed by atoms with Gasteiger partial charge in [-0.05, 0) is 60.4 Å². The van der Waals surface area contributed by atoms with Crippen LogP contribution in [0.3, 0.4) is 0 Å². The molecular formula is C24H22F2N2O2. The molecule has 0 unspecified atom stereocenters. The van der Waals surface area contributed by atoms with Gasteiger partial charge in [0.05, 0.1) is 12.6 Å². The minimum Gasteiger partial charge on any atom is -0.347 e. The highest BCUT2D eigenvalue weighted by Crippen LogP contribution is 2.20. The quantitative estimate of drug-likeness (QED) is 0.618. The van der Waals surface area contributed by atoms with Crippen LogP contribution in [0.4, 0.5) is 8.78 Å². The van der Waals surface area contributed by atoms with Gasteiger partial charge in [-0.3, -0.25) is 9.59 Å². The average Bonchev–Trinajstić information content (AvgIpc) is 2.72. The zero-order valence-corrected chi connectivity index (χ0v) is 16.5. The molecule has 30 heavy (non-hydrogen) atoms. The maximum atomic E-state index is 13.7. The molecule has 2 amide bonds. The molecule has 3 rings (SSSR count). The molecule has 0 spiro atoms. The van der Waals surface area contributed by atoms with Gasteiger partial charge < -0.3 is 10.6 Å². The van der Waals surface area contributed by atoms with E-state index >= 15 is 0 Å². The van der Waals surface area contributed by atoms with Crippen LogP contribution in [0.15, 0.2) is 72.8 Å². The number of hydrogen-bond donors (Lipinski definition) is 2. The van der Waals surface area contributed by atoms with E-state index in [1.54, 1.807) is 36.4 Å². The van der Waals surface area contributed by atoms with Crippen LogP contribution >= 0.6 is 0 Å². The molecule has 0 bridgehead atoms. The van der Waals surface area contributed by atoms with Gasteiger partial charge in [0.1, 0.15) is 11.6 Å². The van der Waals surface area contributed by atoms with E-state index < -0.39 is 17.8 Å². The van der Waals surface area contributed by atoms with Crippen molar-refractivity contribution in [3.05, 3.63) is 107 Å². The van der Waals surface area contributed by atoms with Crippen LogP contribution in [0.2, 0.25) is 0 Å². The highest BCUT2D eigenvalue weighted by atomic mass is 19.1. The standard InChI is InChI=1S/C24H22F2N2O2/c1-16-6-2-3-11-21(16)24(30)27-15-23(29)28-22(18-8-5-10-20(26)14-18)13-17-7-4-9-19(25)12-17/h2-12,14,22H,13,15H2,1H3,(H,27,30)(H,28,29)/t22-/m1/s1. The number of hydrogen-bond acceptors (Lipinski definition) is 2. The van der Waals surface area contributed by atoms with Gasteiger partial charge in [0, 0.05) is 5.56 Å². The minimum absolute atomic E-state index is 0.234. The highest BCUT2D eigenvalue weighted by Gasteiger charge is 2.17. The van der Waals surface area contributed by atoms with Gasteiger partial charge in [-0.15, -0.1) is 0 Å². The molecule has 2 N–H and O–H groups in total. The third kappa shape index (κ3) is 5.73. The molecular weight excluding hydrogens is 386 g/mol. The van der Waals surface area contributed by atoms with Crippen molar-refractivity contribution in [2.45, 2.75) is 19.4 Å². The summed E-state index contributed by atoms with van der Waals surface area (Å²) < 4.78 is 27.3. The van der Waals surface area contributed by atoms with Crippen molar-refractivity contribution in [1.82, 2.24) is 10.6 Å². The van der Waals surface area contributed by atoms with E-state index in [-0.39, 0.29) is 24.7 Å². The second kappa shape index (κ2) is 9.78. The summed E-state index contributed by atoms with van der Waals surface area (Å²) >= 11 is 0. The van der Waals surface area contributed by atoms with Gasteiger partial charge in [-0.25, -0.2) is 8.78 Å². The van der Waals surface area contributed by atoms with Gasteiger partial charge in [0.2, 0.25) is 5.91 Å². The van der Waals surface area contributed by atoms with Crippen molar-refractivity contribution in [1.29, 1.82) is 0 Å². The van der Waals surface area contributed by atoms with Crippen LogP contribution in [0.5, 0.6) is 0 Å². The first-order valence-electron chi connectivity index (χ1n) is 9.55. The zero-order valence-electron chi connectivity index (χ0n) is 16.5. The molecule has 0 radical (unpaired) electrons. The van der Waals surface area contributed by atoms with Crippen LogP contribution < -0.4 is 10.6 Å². The number of carbonyl (C=O) groups is 2. The van der Waals surface area contributed by atoms with E-state index in [9.17, 15) is 18.4 Å². The van der Waals surface area contributed by atoms with Crippen LogP contribution in [-0.4, -0.2) is 18.4 Å². The van der Waals surface area contributed by atoms with Crippen molar-refractivity contribution in [3.63, 3.8) is 0 Å².